The highest BCUT2D eigenvalue weighted by Crippen LogP contribution is 2.26. The second kappa shape index (κ2) is 4.42. The number of pyridine rings is 2. The highest BCUT2D eigenvalue weighted by molar-refractivity contribution is 5.94. The van der Waals surface area contributed by atoms with Gasteiger partial charge in [0.25, 0.3) is 0 Å². The molecule has 2 heterocycles. The summed E-state index contributed by atoms with van der Waals surface area (Å²) < 4.78 is 0. The molecule has 0 atom stereocenters. The summed E-state index contributed by atoms with van der Waals surface area (Å²) in [4.78, 5) is 9.10. The summed E-state index contributed by atoms with van der Waals surface area (Å²) in [6, 6.07) is 23.5. The van der Waals surface area contributed by atoms with Gasteiger partial charge in [-0.15, -0.1) is 0 Å². The second-order valence-corrected chi connectivity index (χ2v) is 4.68. The maximum absolute atomic E-state index is 4.71. The van der Waals surface area contributed by atoms with Crippen LogP contribution in [0.4, 0.5) is 0 Å². The number of nitrogens with zero attached hydrogens (tertiary/aromatic N) is 2. The zero-order valence-corrected chi connectivity index (χ0v) is 10.7. The molecule has 0 fully saturated rings. The van der Waals surface area contributed by atoms with E-state index in [9.17, 15) is 0 Å². The summed E-state index contributed by atoms with van der Waals surface area (Å²) in [5.41, 5.74) is 3.90. The maximum Gasteiger partial charge on any atom is 0.0796 e. The molecule has 0 saturated heterocycles. The van der Waals surface area contributed by atoms with Gasteiger partial charge in [-0.3, -0.25) is 4.98 Å². The molecule has 0 aliphatic rings. The summed E-state index contributed by atoms with van der Waals surface area (Å²) in [6.45, 7) is 0. The van der Waals surface area contributed by atoms with Crippen LogP contribution in [0.1, 0.15) is 0 Å². The van der Waals surface area contributed by atoms with Gasteiger partial charge in [0.2, 0.25) is 0 Å². The van der Waals surface area contributed by atoms with Crippen molar-refractivity contribution in [2.45, 2.75) is 0 Å². The Morgan fingerprint density at radius 1 is 0.800 bits per heavy atom. The first-order valence-corrected chi connectivity index (χ1v) is 6.53. The smallest absolute Gasteiger partial charge is 0.0796 e. The summed E-state index contributed by atoms with van der Waals surface area (Å²) in [7, 11) is 0. The average Bonchev–Trinajstić information content (AvgIpc) is 2.54. The first-order valence-electron chi connectivity index (χ1n) is 6.53. The van der Waals surface area contributed by atoms with Crippen LogP contribution >= 0.6 is 0 Å². The van der Waals surface area contributed by atoms with E-state index in [0.717, 1.165) is 33.1 Å². The Morgan fingerprint density at radius 3 is 2.55 bits per heavy atom. The first kappa shape index (κ1) is 11.1. The van der Waals surface area contributed by atoms with Crippen LogP contribution in [0.2, 0.25) is 0 Å². The monoisotopic (exact) mass is 255 g/mol. The van der Waals surface area contributed by atoms with Crippen molar-refractivity contribution in [1.82, 2.24) is 9.97 Å². The van der Waals surface area contributed by atoms with E-state index >= 15 is 0 Å². The molecular formula is C18H11N2. The molecule has 4 rings (SSSR count). The highest BCUT2D eigenvalue weighted by atomic mass is 14.7. The lowest BCUT2D eigenvalue weighted by Gasteiger charge is -2.06. The lowest BCUT2D eigenvalue weighted by atomic mass is 10.0. The SMILES string of the molecule is [c]1cc2ccccc2nc1-c1ccnc2ccccc12. The predicted molar refractivity (Wildman–Crippen MR) is 81.3 cm³/mol. The fourth-order valence-electron chi connectivity index (χ4n) is 2.45. The topological polar surface area (TPSA) is 25.8 Å². The Morgan fingerprint density at radius 2 is 1.60 bits per heavy atom. The van der Waals surface area contributed by atoms with Crippen LogP contribution in [0.3, 0.4) is 0 Å². The van der Waals surface area contributed by atoms with E-state index in [0.29, 0.717) is 0 Å². The molecule has 0 aliphatic carbocycles. The zero-order valence-electron chi connectivity index (χ0n) is 10.7. The van der Waals surface area contributed by atoms with Crippen LogP contribution in [-0.2, 0) is 0 Å². The third-order valence-electron chi connectivity index (χ3n) is 3.44. The lowest BCUT2D eigenvalue weighted by Crippen LogP contribution is -1.88. The first-order chi connectivity index (χ1) is 9.92. The van der Waals surface area contributed by atoms with Gasteiger partial charge >= 0.3 is 0 Å². The van der Waals surface area contributed by atoms with Crippen LogP contribution in [0.15, 0.2) is 66.9 Å². The fraction of sp³-hybridized carbons (Fsp3) is 0. The van der Waals surface area contributed by atoms with Crippen molar-refractivity contribution >= 4 is 21.8 Å². The third-order valence-corrected chi connectivity index (χ3v) is 3.44. The molecule has 0 amide bonds. The zero-order chi connectivity index (χ0) is 13.4. The number of para-hydroxylation sites is 2. The Labute approximate surface area is 116 Å². The van der Waals surface area contributed by atoms with Crippen molar-refractivity contribution in [3.63, 3.8) is 0 Å². The minimum atomic E-state index is 0.863. The second-order valence-electron chi connectivity index (χ2n) is 4.68. The van der Waals surface area contributed by atoms with E-state index in [-0.39, 0.29) is 0 Å². The van der Waals surface area contributed by atoms with E-state index < -0.39 is 0 Å². The van der Waals surface area contributed by atoms with Crippen LogP contribution in [0.25, 0.3) is 33.1 Å². The Hall–Kier alpha value is -2.74. The van der Waals surface area contributed by atoms with Crippen molar-refractivity contribution in [1.29, 1.82) is 0 Å². The number of aromatic nitrogens is 2. The van der Waals surface area contributed by atoms with Crippen molar-refractivity contribution < 1.29 is 0 Å². The normalized spacial score (nSPS) is 11.0. The van der Waals surface area contributed by atoms with Gasteiger partial charge in [0.1, 0.15) is 0 Å². The molecule has 1 radical (unpaired) electrons. The van der Waals surface area contributed by atoms with Gasteiger partial charge in [0, 0.05) is 28.6 Å². The molecule has 0 spiro atoms. The summed E-state index contributed by atoms with van der Waals surface area (Å²) in [5.74, 6) is 0. The fourth-order valence-corrected chi connectivity index (χ4v) is 2.45. The molecule has 0 unspecified atom stereocenters. The van der Waals surface area contributed by atoms with Crippen LogP contribution < -0.4 is 0 Å². The number of rotatable bonds is 1. The Kier molecular flexibility index (Phi) is 2.46. The standard InChI is InChI=1S/C18H11N2/c1-3-7-16-13(5-1)9-10-18(20-16)15-11-12-19-17-8-4-2-6-14(15)17/h1-9,11-12H. The van der Waals surface area contributed by atoms with E-state index in [2.05, 4.69) is 17.1 Å². The quantitative estimate of drug-likeness (QED) is 0.508. The van der Waals surface area contributed by atoms with Crippen LogP contribution in [-0.4, -0.2) is 9.97 Å². The van der Waals surface area contributed by atoms with Gasteiger partial charge in [-0.05, 0) is 24.3 Å². The van der Waals surface area contributed by atoms with Gasteiger partial charge in [-0.1, -0.05) is 36.4 Å². The Balaban J connectivity index is 2.01. The van der Waals surface area contributed by atoms with Gasteiger partial charge in [0.15, 0.2) is 0 Å². The average molecular weight is 255 g/mol. The maximum atomic E-state index is 4.71. The minimum absolute atomic E-state index is 0.863. The van der Waals surface area contributed by atoms with Gasteiger partial charge in [-0.2, -0.15) is 0 Å². The summed E-state index contributed by atoms with van der Waals surface area (Å²) in [6.07, 6.45) is 1.82. The van der Waals surface area contributed by atoms with Crippen LogP contribution in [0.5, 0.6) is 0 Å². The van der Waals surface area contributed by atoms with Crippen molar-refractivity contribution in [3.05, 3.63) is 72.9 Å². The summed E-state index contributed by atoms with van der Waals surface area (Å²) >= 11 is 0. The summed E-state index contributed by atoms with van der Waals surface area (Å²) in [5, 5.41) is 2.21. The number of hydrogen-bond acceptors (Lipinski definition) is 2. The number of fused-ring (bicyclic) bond motifs is 2. The lowest BCUT2D eigenvalue weighted by molar-refractivity contribution is 1.37. The molecule has 0 N–H and O–H groups in total. The van der Waals surface area contributed by atoms with Gasteiger partial charge in [-0.25, -0.2) is 4.98 Å². The predicted octanol–water partition coefficient (Wildman–Crippen LogP) is 4.25. The minimum Gasteiger partial charge on any atom is -0.256 e. The number of benzene rings is 2. The highest BCUT2D eigenvalue weighted by Gasteiger charge is 2.06. The largest absolute Gasteiger partial charge is 0.256 e. The van der Waals surface area contributed by atoms with E-state index in [1.54, 1.807) is 0 Å². The molecule has 2 aromatic carbocycles. The molecule has 0 aliphatic heterocycles. The number of hydrogen-bond donors (Lipinski definition) is 0. The van der Waals surface area contributed by atoms with E-state index in [1.165, 1.54) is 0 Å². The van der Waals surface area contributed by atoms with Crippen molar-refractivity contribution in [2.75, 3.05) is 0 Å². The van der Waals surface area contributed by atoms with Crippen molar-refractivity contribution in [2.24, 2.45) is 0 Å². The molecule has 0 saturated carbocycles. The molecule has 0 bridgehead atoms. The molecule has 2 aromatic heterocycles. The van der Waals surface area contributed by atoms with E-state index in [4.69, 9.17) is 4.98 Å². The van der Waals surface area contributed by atoms with Gasteiger partial charge < -0.3 is 0 Å². The third kappa shape index (κ3) is 1.74. The molecule has 2 nitrogen and oxygen atoms in total. The van der Waals surface area contributed by atoms with E-state index in [1.807, 2.05) is 60.8 Å². The van der Waals surface area contributed by atoms with Crippen LogP contribution in [0, 0.1) is 6.07 Å². The molecule has 4 aromatic rings. The molecule has 93 valence electrons. The van der Waals surface area contributed by atoms with Crippen molar-refractivity contribution in [3.8, 4) is 11.3 Å². The molecule has 2 heteroatoms. The molecular weight excluding hydrogens is 244 g/mol. The Bertz CT molecular complexity index is 908. The molecule has 20 heavy (non-hydrogen) atoms. The van der Waals surface area contributed by atoms with Gasteiger partial charge in [0.05, 0.1) is 16.7 Å².